The van der Waals surface area contributed by atoms with E-state index in [1.54, 1.807) is 0 Å². The van der Waals surface area contributed by atoms with Crippen molar-refractivity contribution in [2.45, 2.75) is 0 Å². The van der Waals surface area contributed by atoms with Gasteiger partial charge in [-0.25, -0.2) is 5.21 Å². The predicted octanol–water partition coefficient (Wildman–Crippen LogP) is -1.21. The molecule has 11 heavy (non-hydrogen) atoms. The monoisotopic (exact) mass is 156 g/mol. The van der Waals surface area contributed by atoms with Crippen molar-refractivity contribution in [3.63, 3.8) is 0 Å². The molecule has 0 aliphatic carbocycles. The third kappa shape index (κ3) is 1.64. The van der Waals surface area contributed by atoms with Gasteiger partial charge in [0.15, 0.2) is 5.69 Å². The maximum Gasteiger partial charge on any atom is 0.250 e. The van der Waals surface area contributed by atoms with Crippen molar-refractivity contribution < 1.29 is 10.4 Å². The molecule has 1 aromatic heterocycles. The molecule has 2 N–H and O–H groups in total. The average molecular weight is 156 g/mol. The molecule has 0 spiro atoms. The molecule has 1 aromatic rings. The van der Waals surface area contributed by atoms with Crippen LogP contribution in [0.3, 0.4) is 0 Å². The van der Waals surface area contributed by atoms with E-state index < -0.39 is 5.23 Å². The molecule has 1 atom stereocenters. The first-order chi connectivity index (χ1) is 5.11. The van der Waals surface area contributed by atoms with Crippen LogP contribution >= 0.6 is 0 Å². The highest BCUT2D eigenvalue weighted by atomic mass is 16.8. The lowest BCUT2D eigenvalue weighted by Crippen LogP contribution is -2.99. The van der Waals surface area contributed by atoms with Crippen molar-refractivity contribution in [3.05, 3.63) is 33.9 Å². The molecule has 0 aliphatic rings. The molecule has 1 unspecified atom stereocenters. The Morgan fingerprint density at radius 1 is 1.64 bits per heavy atom. The molecule has 0 aliphatic heterocycles. The zero-order chi connectivity index (χ0) is 8.43. The molecule has 0 saturated carbocycles. The molecule has 0 bridgehead atoms. The van der Waals surface area contributed by atoms with Gasteiger partial charge in [-0.15, -0.1) is 0 Å². The molecule has 5 heteroatoms. The van der Waals surface area contributed by atoms with Gasteiger partial charge < -0.3 is 9.77 Å². The van der Waals surface area contributed by atoms with Crippen LogP contribution in [0.2, 0.25) is 0 Å². The van der Waals surface area contributed by atoms with Gasteiger partial charge in [-0.1, -0.05) is 0 Å². The first kappa shape index (κ1) is 7.93. The van der Waals surface area contributed by atoms with Crippen LogP contribution in [0.15, 0.2) is 23.1 Å². The second-order valence-electron chi connectivity index (χ2n) is 2.17. The molecule has 60 valence electrons. The van der Waals surface area contributed by atoms with E-state index in [0.717, 1.165) is 0 Å². The fourth-order valence-electron chi connectivity index (χ4n) is 0.720. The van der Waals surface area contributed by atoms with Gasteiger partial charge in [0.25, 0.3) is 5.56 Å². The number of aromatic nitrogens is 1. The number of nitrogens with one attached hydrogen (secondary N) is 1. The summed E-state index contributed by atoms with van der Waals surface area (Å²) in [7, 11) is 1.51. The maximum atomic E-state index is 10.8. The van der Waals surface area contributed by atoms with Crippen LogP contribution in [-0.4, -0.2) is 9.77 Å². The summed E-state index contributed by atoms with van der Waals surface area (Å²) in [5, 5.41) is 17.8. The molecule has 0 amide bonds. The highest BCUT2D eigenvalue weighted by Crippen LogP contribution is 1.92. The van der Waals surface area contributed by atoms with E-state index in [1.165, 1.54) is 29.9 Å². The minimum atomic E-state index is -1.03. The van der Waals surface area contributed by atoms with Gasteiger partial charge in [-0.2, -0.15) is 5.23 Å². The smallest absolute Gasteiger partial charge is 0.250 e. The topological polar surface area (TPSA) is 69.7 Å². The Morgan fingerprint density at radius 3 is 2.73 bits per heavy atom. The first-order valence-corrected chi connectivity index (χ1v) is 3.01. The van der Waals surface area contributed by atoms with Crippen LogP contribution in [-0.2, 0) is 7.05 Å². The van der Waals surface area contributed by atoms with Crippen LogP contribution in [0.4, 0.5) is 5.69 Å². The molecule has 0 radical (unpaired) electrons. The molecule has 1 heterocycles. The van der Waals surface area contributed by atoms with Gasteiger partial charge in [0, 0.05) is 19.2 Å². The van der Waals surface area contributed by atoms with E-state index in [-0.39, 0.29) is 11.2 Å². The molecular formula is C6H8N2O3. The van der Waals surface area contributed by atoms with Crippen LogP contribution in [0, 0.1) is 5.21 Å². The normalized spacial score (nSPS) is 13.0. The van der Waals surface area contributed by atoms with Gasteiger partial charge in [0.1, 0.15) is 0 Å². The Hall–Kier alpha value is -1.17. The lowest BCUT2D eigenvalue weighted by molar-refractivity contribution is -0.991. The molecule has 0 fully saturated rings. The molecular weight excluding hydrogens is 148 g/mol. The van der Waals surface area contributed by atoms with E-state index in [4.69, 9.17) is 5.21 Å². The Bertz CT molecular complexity index is 305. The first-order valence-electron chi connectivity index (χ1n) is 3.01. The quantitative estimate of drug-likeness (QED) is 0.501. The summed E-state index contributed by atoms with van der Waals surface area (Å²) in [5.41, 5.74) is -0.0953. The third-order valence-electron chi connectivity index (χ3n) is 1.33. The summed E-state index contributed by atoms with van der Waals surface area (Å²) in [5.74, 6) is 0. The zero-order valence-corrected chi connectivity index (χ0v) is 5.94. The van der Waals surface area contributed by atoms with E-state index in [1.807, 2.05) is 0 Å². The number of rotatable bonds is 1. The number of nitrogens with zero attached hydrogens (tertiary/aromatic N) is 1. The summed E-state index contributed by atoms with van der Waals surface area (Å²) in [6.07, 6.45) is 1.28. The minimum absolute atomic E-state index is 0.118. The van der Waals surface area contributed by atoms with Crippen molar-refractivity contribution in [1.82, 2.24) is 4.57 Å². The van der Waals surface area contributed by atoms with Crippen LogP contribution in [0.5, 0.6) is 0 Å². The fourth-order valence-corrected chi connectivity index (χ4v) is 0.720. The molecule has 0 saturated heterocycles. The number of hydrogen-bond donors (Lipinski definition) is 2. The van der Waals surface area contributed by atoms with Gasteiger partial charge in [0.05, 0.1) is 6.20 Å². The summed E-state index contributed by atoms with van der Waals surface area (Å²) in [6, 6.07) is 2.51. The average Bonchev–Trinajstić information content (AvgIpc) is 1.94. The van der Waals surface area contributed by atoms with E-state index in [0.29, 0.717) is 0 Å². The molecule has 5 nitrogen and oxygen atoms in total. The third-order valence-corrected chi connectivity index (χ3v) is 1.33. The Morgan fingerprint density at radius 2 is 2.27 bits per heavy atom. The second kappa shape index (κ2) is 2.83. The summed E-state index contributed by atoms with van der Waals surface area (Å²) < 4.78 is 1.23. The number of quaternary nitrogens is 1. The Kier molecular flexibility index (Phi) is 2.04. The van der Waals surface area contributed by atoms with Crippen LogP contribution < -0.4 is 10.8 Å². The standard InChI is InChI=1S/C6H8N2O3/c1-7-4-5(8(10)11)2-3-6(7)9/h2-4,8,10H,1H3. The van der Waals surface area contributed by atoms with Gasteiger partial charge >= 0.3 is 0 Å². The summed E-state index contributed by atoms with van der Waals surface area (Å²) in [6.45, 7) is 0. The van der Waals surface area contributed by atoms with E-state index in [9.17, 15) is 10.0 Å². The molecule has 1 rings (SSSR count). The summed E-state index contributed by atoms with van der Waals surface area (Å²) in [4.78, 5) is 10.8. The van der Waals surface area contributed by atoms with Crippen molar-refractivity contribution >= 4 is 5.69 Å². The lowest BCUT2D eigenvalue weighted by atomic mass is 10.4. The number of pyridine rings is 1. The van der Waals surface area contributed by atoms with E-state index >= 15 is 0 Å². The minimum Gasteiger partial charge on any atom is -0.595 e. The number of aryl methyl sites for hydroxylation is 1. The highest BCUT2D eigenvalue weighted by molar-refractivity contribution is 5.23. The number of hydrogen-bond acceptors (Lipinski definition) is 3. The Balaban J connectivity index is 3.15. The SMILES string of the molecule is Cn1cc([NH+]([O-])O)ccc1=O. The summed E-state index contributed by atoms with van der Waals surface area (Å²) >= 11 is 0. The fraction of sp³-hybridized carbons (Fsp3) is 0.167. The largest absolute Gasteiger partial charge is 0.595 e. The Labute approximate surface area is 62.6 Å². The van der Waals surface area contributed by atoms with Crippen molar-refractivity contribution in [2.75, 3.05) is 0 Å². The van der Waals surface area contributed by atoms with Crippen molar-refractivity contribution in [3.8, 4) is 0 Å². The van der Waals surface area contributed by atoms with Crippen molar-refractivity contribution in [1.29, 1.82) is 0 Å². The second-order valence-corrected chi connectivity index (χ2v) is 2.17. The lowest BCUT2D eigenvalue weighted by Gasteiger charge is -2.11. The van der Waals surface area contributed by atoms with Crippen LogP contribution in [0.1, 0.15) is 0 Å². The molecule has 0 aromatic carbocycles. The zero-order valence-electron chi connectivity index (χ0n) is 5.94. The van der Waals surface area contributed by atoms with Gasteiger partial charge in [-0.05, 0) is 0 Å². The van der Waals surface area contributed by atoms with Crippen LogP contribution in [0.25, 0.3) is 0 Å². The van der Waals surface area contributed by atoms with E-state index in [2.05, 4.69) is 0 Å². The predicted molar refractivity (Wildman–Crippen MR) is 37.5 cm³/mol. The van der Waals surface area contributed by atoms with Gasteiger partial charge in [0.2, 0.25) is 0 Å². The van der Waals surface area contributed by atoms with Crippen molar-refractivity contribution in [2.24, 2.45) is 7.05 Å². The highest BCUT2D eigenvalue weighted by Gasteiger charge is 1.99. The maximum absolute atomic E-state index is 10.8. The van der Waals surface area contributed by atoms with Gasteiger partial charge in [-0.3, -0.25) is 4.79 Å².